The maximum atomic E-state index is 14.5. The van der Waals surface area contributed by atoms with E-state index in [2.05, 4.69) is 5.10 Å². The molecule has 3 rings (SSSR count). The van der Waals surface area contributed by atoms with Gasteiger partial charge in [-0.3, -0.25) is 14.2 Å². The largest absolute Gasteiger partial charge is 0.418 e. The van der Waals surface area contributed by atoms with Crippen LogP contribution in [-0.2, 0) is 6.18 Å². The number of alkyl halides is 3. The zero-order valence-corrected chi connectivity index (χ0v) is 15.4. The van der Waals surface area contributed by atoms with E-state index < -0.39 is 28.7 Å². The maximum absolute atomic E-state index is 14.5. The monoisotopic (exact) mass is 401 g/mol. The summed E-state index contributed by atoms with van der Waals surface area (Å²) in [5, 5.41) is 3.51. The first-order chi connectivity index (χ1) is 12.6. The first-order valence-corrected chi connectivity index (χ1v) is 8.89. The van der Waals surface area contributed by atoms with Gasteiger partial charge >= 0.3 is 11.0 Å². The van der Waals surface area contributed by atoms with E-state index in [1.54, 1.807) is 0 Å². The van der Waals surface area contributed by atoms with Crippen molar-refractivity contribution in [3.63, 3.8) is 0 Å². The summed E-state index contributed by atoms with van der Waals surface area (Å²) in [5.74, 6) is -0.853. The fraction of sp³-hybridized carbons (Fsp3) is 0.353. The van der Waals surface area contributed by atoms with Gasteiger partial charge in [-0.05, 0) is 32.4 Å². The van der Waals surface area contributed by atoms with Crippen molar-refractivity contribution in [2.75, 3.05) is 0 Å². The van der Waals surface area contributed by atoms with Gasteiger partial charge in [0.05, 0.1) is 22.0 Å². The lowest BCUT2D eigenvalue weighted by Crippen LogP contribution is -2.28. The summed E-state index contributed by atoms with van der Waals surface area (Å²) in [6, 6.07) is 2.20. The molecule has 1 aromatic carbocycles. The van der Waals surface area contributed by atoms with Gasteiger partial charge in [-0.1, -0.05) is 18.3 Å². The Morgan fingerprint density at radius 1 is 1.26 bits per heavy atom. The van der Waals surface area contributed by atoms with E-state index in [0.717, 1.165) is 24.3 Å². The number of aromatic nitrogens is 3. The second-order valence-corrected chi connectivity index (χ2v) is 7.16. The van der Waals surface area contributed by atoms with Crippen molar-refractivity contribution in [3.05, 3.63) is 55.3 Å². The van der Waals surface area contributed by atoms with E-state index in [4.69, 9.17) is 0 Å². The summed E-state index contributed by atoms with van der Waals surface area (Å²) in [6.45, 7) is 4.72. The smallest absolute Gasteiger partial charge is 0.296 e. The molecule has 0 N–H and O–H groups in total. The molecular formula is C17H15F4N3O2S. The molecule has 2 heterocycles. The molecule has 0 aliphatic carbocycles. The molecule has 27 heavy (non-hydrogen) atoms. The summed E-state index contributed by atoms with van der Waals surface area (Å²) in [4.78, 5) is 24.3. The van der Waals surface area contributed by atoms with Crippen molar-refractivity contribution >= 4 is 21.6 Å². The maximum Gasteiger partial charge on any atom is 0.418 e. The summed E-state index contributed by atoms with van der Waals surface area (Å²) >= 11 is 0.865. The van der Waals surface area contributed by atoms with Crippen LogP contribution in [0, 0.1) is 12.7 Å². The molecule has 0 spiro atoms. The fourth-order valence-electron chi connectivity index (χ4n) is 2.80. The van der Waals surface area contributed by atoms with Crippen LogP contribution in [0.3, 0.4) is 0 Å². The lowest BCUT2D eigenvalue weighted by molar-refractivity contribution is -0.138. The topological polar surface area (TPSA) is 56.9 Å². The molecule has 10 heteroatoms. The van der Waals surface area contributed by atoms with E-state index in [0.29, 0.717) is 27.5 Å². The number of benzene rings is 1. The second kappa shape index (κ2) is 6.59. The van der Waals surface area contributed by atoms with Crippen LogP contribution in [0.2, 0.25) is 0 Å². The summed E-state index contributed by atoms with van der Waals surface area (Å²) in [7, 11) is 0. The second-order valence-electron chi connectivity index (χ2n) is 6.16. The SMILES string of the molecule is CCC(C)n1c(=O)sc2cc(F)c(-n3ncc(C(F)(F)F)c(C)c3=O)cc21. The predicted molar refractivity (Wildman–Crippen MR) is 94.2 cm³/mol. The van der Waals surface area contributed by atoms with Crippen molar-refractivity contribution < 1.29 is 17.6 Å². The average molecular weight is 401 g/mol. The molecule has 2 aromatic heterocycles. The Kier molecular flexibility index (Phi) is 4.71. The number of hydrogen-bond acceptors (Lipinski definition) is 4. The predicted octanol–water partition coefficient (Wildman–Crippen LogP) is 4.05. The minimum atomic E-state index is -4.73. The fourth-order valence-corrected chi connectivity index (χ4v) is 3.79. The van der Waals surface area contributed by atoms with E-state index in [1.165, 1.54) is 10.6 Å². The Labute approximate surface area is 154 Å². The first kappa shape index (κ1) is 19.3. The highest BCUT2D eigenvalue weighted by molar-refractivity contribution is 7.16. The van der Waals surface area contributed by atoms with Crippen molar-refractivity contribution in [3.8, 4) is 5.69 Å². The molecule has 0 radical (unpaired) electrons. The molecule has 0 amide bonds. The van der Waals surface area contributed by atoms with E-state index >= 15 is 0 Å². The molecule has 1 atom stereocenters. The summed E-state index contributed by atoms with van der Waals surface area (Å²) < 4.78 is 55.8. The van der Waals surface area contributed by atoms with Crippen LogP contribution in [0.25, 0.3) is 15.9 Å². The normalized spacial score (nSPS) is 13.3. The molecule has 5 nitrogen and oxygen atoms in total. The van der Waals surface area contributed by atoms with Crippen molar-refractivity contribution in [2.45, 2.75) is 39.4 Å². The van der Waals surface area contributed by atoms with Crippen LogP contribution >= 0.6 is 11.3 Å². The molecule has 0 saturated heterocycles. The van der Waals surface area contributed by atoms with Gasteiger partial charge in [0, 0.05) is 11.6 Å². The zero-order valence-electron chi connectivity index (χ0n) is 14.6. The Balaban J connectivity index is 2.29. The Morgan fingerprint density at radius 3 is 2.52 bits per heavy atom. The Hall–Kier alpha value is -2.49. The highest BCUT2D eigenvalue weighted by Gasteiger charge is 2.34. The van der Waals surface area contributed by atoms with Crippen molar-refractivity contribution in [1.29, 1.82) is 0 Å². The number of halogens is 4. The summed E-state index contributed by atoms with van der Waals surface area (Å²) in [5.41, 5.74) is -2.73. The van der Waals surface area contributed by atoms with E-state index in [9.17, 15) is 27.2 Å². The van der Waals surface area contributed by atoms with Crippen LogP contribution in [0.15, 0.2) is 27.9 Å². The lowest BCUT2D eigenvalue weighted by Gasteiger charge is -2.14. The van der Waals surface area contributed by atoms with Crippen LogP contribution in [-0.4, -0.2) is 14.3 Å². The molecule has 0 bridgehead atoms. The Bertz CT molecular complexity index is 1140. The van der Waals surface area contributed by atoms with E-state index in [-0.39, 0.29) is 16.6 Å². The average Bonchev–Trinajstić information content (AvgIpc) is 2.89. The van der Waals surface area contributed by atoms with Gasteiger partial charge in [0.2, 0.25) is 0 Å². The van der Waals surface area contributed by atoms with Crippen LogP contribution in [0.5, 0.6) is 0 Å². The van der Waals surface area contributed by atoms with Gasteiger partial charge in [-0.25, -0.2) is 4.39 Å². The van der Waals surface area contributed by atoms with E-state index in [1.807, 2.05) is 13.8 Å². The van der Waals surface area contributed by atoms with Gasteiger partial charge in [-0.15, -0.1) is 0 Å². The van der Waals surface area contributed by atoms with Gasteiger partial charge in [-0.2, -0.15) is 23.0 Å². The molecule has 0 aliphatic rings. The van der Waals surface area contributed by atoms with Gasteiger partial charge in [0.15, 0.2) is 5.82 Å². The minimum Gasteiger partial charge on any atom is -0.296 e. The number of hydrogen-bond donors (Lipinski definition) is 0. The quantitative estimate of drug-likeness (QED) is 0.623. The molecule has 0 fully saturated rings. The number of rotatable bonds is 3. The van der Waals surface area contributed by atoms with Gasteiger partial charge in [0.25, 0.3) is 5.56 Å². The van der Waals surface area contributed by atoms with Gasteiger partial charge in [0.1, 0.15) is 5.69 Å². The van der Waals surface area contributed by atoms with Crippen molar-refractivity contribution in [2.24, 2.45) is 0 Å². The first-order valence-electron chi connectivity index (χ1n) is 8.07. The zero-order chi connectivity index (χ0) is 20.1. The standard InChI is InChI=1S/C17H15F4N3O2S/c1-4-8(2)23-13-6-12(11(18)5-14(13)27-16(23)26)24-15(25)9(3)10(7-22-24)17(19,20)21/h5-8H,4H2,1-3H3. The minimum absolute atomic E-state index is 0.163. The third kappa shape index (κ3) is 3.18. The lowest BCUT2D eigenvalue weighted by atomic mass is 10.2. The molecular weight excluding hydrogens is 386 g/mol. The molecule has 0 aliphatic heterocycles. The highest BCUT2D eigenvalue weighted by Crippen LogP contribution is 2.30. The number of thiazole rings is 1. The summed E-state index contributed by atoms with van der Waals surface area (Å²) in [6.07, 6.45) is -3.59. The van der Waals surface area contributed by atoms with Crippen LogP contribution in [0.1, 0.15) is 37.4 Å². The third-order valence-corrected chi connectivity index (χ3v) is 5.38. The van der Waals surface area contributed by atoms with Gasteiger partial charge < -0.3 is 0 Å². The molecule has 0 saturated carbocycles. The third-order valence-electron chi connectivity index (χ3n) is 4.47. The van der Waals surface area contributed by atoms with Crippen LogP contribution in [0.4, 0.5) is 17.6 Å². The van der Waals surface area contributed by atoms with Crippen molar-refractivity contribution in [1.82, 2.24) is 14.3 Å². The van der Waals surface area contributed by atoms with Crippen LogP contribution < -0.4 is 10.4 Å². The molecule has 144 valence electrons. The molecule has 3 aromatic rings. The number of nitrogens with zero attached hydrogens (tertiary/aromatic N) is 3. The highest BCUT2D eigenvalue weighted by atomic mass is 32.1. The number of fused-ring (bicyclic) bond motifs is 1. The molecule has 1 unspecified atom stereocenters. The Morgan fingerprint density at radius 2 is 1.93 bits per heavy atom.